The first-order valence-electron chi connectivity index (χ1n) is 5.67. The molecule has 0 spiro atoms. The van der Waals surface area contributed by atoms with Crippen LogP contribution in [0.25, 0.3) is 0 Å². The Morgan fingerprint density at radius 1 is 1.26 bits per heavy atom. The zero-order chi connectivity index (χ0) is 15.1. The van der Waals surface area contributed by atoms with Crippen LogP contribution in [-0.2, 0) is 9.53 Å². The molecule has 0 bridgehead atoms. The zero-order valence-corrected chi connectivity index (χ0v) is 10.8. The van der Waals surface area contributed by atoms with Crippen molar-refractivity contribution >= 4 is 12.1 Å². The summed E-state index contributed by atoms with van der Waals surface area (Å²) in [5.74, 6) is -2.40. The minimum atomic E-state index is -4.71. The highest BCUT2D eigenvalue weighted by molar-refractivity contribution is 5.74. The maximum Gasteiger partial charge on any atom is 0.411 e. The number of carboxylic acid groups (broad SMARTS) is 1. The molecule has 0 aliphatic heterocycles. The number of carbonyl (C=O) groups is 2. The lowest BCUT2D eigenvalue weighted by Gasteiger charge is -2.46. The Bertz CT molecular complexity index is 380. The third-order valence-electron chi connectivity index (χ3n) is 2.82. The summed E-state index contributed by atoms with van der Waals surface area (Å²) in [6.45, 7) is 4.56. The van der Waals surface area contributed by atoms with Crippen molar-refractivity contribution in [2.75, 3.05) is 0 Å². The quantitative estimate of drug-likeness (QED) is 0.815. The number of hydrogen-bond acceptors (Lipinski definition) is 3. The number of amides is 1. The van der Waals surface area contributed by atoms with Gasteiger partial charge < -0.3 is 15.2 Å². The lowest BCUT2D eigenvalue weighted by Crippen LogP contribution is -2.67. The molecule has 1 rings (SSSR count). The summed E-state index contributed by atoms with van der Waals surface area (Å²) in [6.07, 6.45) is -7.26. The molecule has 1 aliphatic rings. The van der Waals surface area contributed by atoms with E-state index in [1.807, 2.05) is 0 Å². The van der Waals surface area contributed by atoms with E-state index in [4.69, 9.17) is 9.84 Å². The van der Waals surface area contributed by atoms with Crippen LogP contribution < -0.4 is 5.32 Å². The molecule has 0 aromatic rings. The topological polar surface area (TPSA) is 75.6 Å². The van der Waals surface area contributed by atoms with Crippen molar-refractivity contribution in [1.82, 2.24) is 5.32 Å². The molecule has 1 aliphatic carbocycles. The number of ether oxygens (including phenoxy) is 1. The van der Waals surface area contributed by atoms with Crippen LogP contribution in [-0.4, -0.2) is 34.5 Å². The molecule has 0 unspecified atom stereocenters. The van der Waals surface area contributed by atoms with Crippen molar-refractivity contribution in [2.45, 2.75) is 50.9 Å². The fourth-order valence-electron chi connectivity index (χ4n) is 1.86. The van der Waals surface area contributed by atoms with E-state index in [1.165, 1.54) is 20.8 Å². The second-order valence-corrected chi connectivity index (χ2v) is 5.65. The number of nitrogens with one attached hydrogen (secondary N) is 1. The molecule has 1 saturated carbocycles. The predicted octanol–water partition coefficient (Wildman–Crippen LogP) is 2.31. The van der Waals surface area contributed by atoms with Gasteiger partial charge in [-0.1, -0.05) is 0 Å². The molecule has 0 saturated heterocycles. The Morgan fingerprint density at radius 2 is 1.74 bits per heavy atom. The van der Waals surface area contributed by atoms with E-state index < -0.39 is 48.1 Å². The molecule has 110 valence electrons. The summed E-state index contributed by atoms with van der Waals surface area (Å²) in [5.41, 5.74) is -3.43. The summed E-state index contributed by atoms with van der Waals surface area (Å²) in [4.78, 5) is 22.0. The van der Waals surface area contributed by atoms with Gasteiger partial charge in [0.05, 0.1) is 5.92 Å². The lowest BCUT2D eigenvalue weighted by atomic mass is 9.67. The lowest BCUT2D eigenvalue weighted by molar-refractivity contribution is -0.229. The van der Waals surface area contributed by atoms with E-state index in [9.17, 15) is 22.8 Å². The van der Waals surface area contributed by atoms with Gasteiger partial charge in [0.1, 0.15) is 11.1 Å². The van der Waals surface area contributed by atoms with Gasteiger partial charge in [-0.15, -0.1) is 0 Å². The highest BCUT2D eigenvalue weighted by atomic mass is 19.4. The molecule has 5 nitrogen and oxygen atoms in total. The first-order chi connectivity index (χ1) is 8.36. The number of halogens is 3. The Balaban J connectivity index is 2.75. The van der Waals surface area contributed by atoms with E-state index >= 15 is 0 Å². The second kappa shape index (κ2) is 4.57. The van der Waals surface area contributed by atoms with E-state index in [0.717, 1.165) is 0 Å². The van der Waals surface area contributed by atoms with Crippen LogP contribution >= 0.6 is 0 Å². The monoisotopic (exact) mass is 283 g/mol. The molecule has 0 aromatic carbocycles. The van der Waals surface area contributed by atoms with Crippen molar-refractivity contribution in [3.63, 3.8) is 0 Å². The van der Waals surface area contributed by atoms with E-state index in [1.54, 1.807) is 5.32 Å². The number of hydrogen-bond donors (Lipinski definition) is 2. The third kappa shape index (κ3) is 3.51. The zero-order valence-electron chi connectivity index (χ0n) is 10.8. The van der Waals surface area contributed by atoms with Crippen molar-refractivity contribution < 1.29 is 32.6 Å². The van der Waals surface area contributed by atoms with Crippen LogP contribution in [0.5, 0.6) is 0 Å². The molecular formula is C11H16F3NO4. The van der Waals surface area contributed by atoms with E-state index in [-0.39, 0.29) is 0 Å². The van der Waals surface area contributed by atoms with Crippen LogP contribution in [0.4, 0.5) is 18.0 Å². The second-order valence-electron chi connectivity index (χ2n) is 5.65. The molecule has 2 N–H and O–H groups in total. The summed E-state index contributed by atoms with van der Waals surface area (Å²) in [6, 6.07) is 0. The van der Waals surface area contributed by atoms with Gasteiger partial charge in [-0.2, -0.15) is 13.2 Å². The first kappa shape index (κ1) is 15.6. The Labute approximate surface area is 108 Å². The molecule has 0 radical (unpaired) electrons. The van der Waals surface area contributed by atoms with Gasteiger partial charge in [-0.05, 0) is 33.6 Å². The number of carboxylic acids is 1. The molecule has 0 atom stereocenters. The highest BCUT2D eigenvalue weighted by Crippen LogP contribution is 2.48. The van der Waals surface area contributed by atoms with Gasteiger partial charge in [0, 0.05) is 0 Å². The van der Waals surface area contributed by atoms with Crippen LogP contribution in [0.2, 0.25) is 0 Å². The number of carbonyl (C=O) groups excluding carboxylic acids is 1. The largest absolute Gasteiger partial charge is 0.481 e. The minimum Gasteiger partial charge on any atom is -0.481 e. The standard InChI is InChI=1S/C11H16F3NO4/c1-9(2,3)19-8(18)15-10(11(12,13)14)4-6(5-10)7(16)17/h6H,4-5H2,1-3H3,(H,15,18)(H,16,17). The van der Waals surface area contributed by atoms with Crippen LogP contribution in [0.15, 0.2) is 0 Å². The molecule has 8 heteroatoms. The number of alkyl halides is 3. The number of alkyl carbamates (subject to hydrolysis) is 1. The Morgan fingerprint density at radius 3 is 2.05 bits per heavy atom. The molecule has 1 amide bonds. The average Bonchev–Trinajstić information content (AvgIpc) is 2.03. The van der Waals surface area contributed by atoms with Gasteiger partial charge in [0.15, 0.2) is 0 Å². The van der Waals surface area contributed by atoms with Gasteiger partial charge >= 0.3 is 18.2 Å². The van der Waals surface area contributed by atoms with E-state index in [2.05, 4.69) is 0 Å². The van der Waals surface area contributed by atoms with Crippen LogP contribution in [0.3, 0.4) is 0 Å². The van der Waals surface area contributed by atoms with Crippen LogP contribution in [0.1, 0.15) is 33.6 Å². The van der Waals surface area contributed by atoms with Crippen molar-refractivity contribution in [3.8, 4) is 0 Å². The fraction of sp³-hybridized carbons (Fsp3) is 0.818. The van der Waals surface area contributed by atoms with Gasteiger partial charge in [-0.25, -0.2) is 4.79 Å². The molecule has 0 aromatic heterocycles. The average molecular weight is 283 g/mol. The predicted molar refractivity (Wildman–Crippen MR) is 58.5 cm³/mol. The summed E-state index contributed by atoms with van der Waals surface area (Å²) in [5, 5.41) is 10.4. The normalized spacial score (nSPS) is 27.4. The fourth-order valence-corrected chi connectivity index (χ4v) is 1.86. The Hall–Kier alpha value is -1.47. The molecule has 1 fully saturated rings. The molecule has 0 heterocycles. The SMILES string of the molecule is CC(C)(C)OC(=O)NC1(C(F)(F)F)CC(C(=O)O)C1. The maximum absolute atomic E-state index is 12.9. The van der Waals surface area contributed by atoms with Crippen molar-refractivity contribution in [1.29, 1.82) is 0 Å². The number of rotatable bonds is 2. The van der Waals surface area contributed by atoms with Gasteiger partial charge in [-0.3, -0.25) is 4.79 Å². The van der Waals surface area contributed by atoms with Crippen molar-refractivity contribution in [3.05, 3.63) is 0 Å². The number of aliphatic carboxylic acids is 1. The third-order valence-corrected chi connectivity index (χ3v) is 2.82. The van der Waals surface area contributed by atoms with Crippen LogP contribution in [0, 0.1) is 5.92 Å². The summed E-state index contributed by atoms with van der Waals surface area (Å²) in [7, 11) is 0. The maximum atomic E-state index is 12.9. The van der Waals surface area contributed by atoms with Gasteiger partial charge in [0.25, 0.3) is 0 Å². The summed E-state index contributed by atoms with van der Waals surface area (Å²) >= 11 is 0. The molecular weight excluding hydrogens is 267 g/mol. The van der Waals surface area contributed by atoms with Gasteiger partial charge in [0.2, 0.25) is 0 Å². The minimum absolute atomic E-state index is 0.676. The van der Waals surface area contributed by atoms with E-state index in [0.29, 0.717) is 0 Å². The first-order valence-corrected chi connectivity index (χ1v) is 5.67. The highest BCUT2D eigenvalue weighted by Gasteiger charge is 2.64. The Kier molecular flexibility index (Phi) is 3.75. The molecule has 19 heavy (non-hydrogen) atoms. The summed E-state index contributed by atoms with van der Waals surface area (Å²) < 4.78 is 43.5. The van der Waals surface area contributed by atoms with Crippen molar-refractivity contribution in [2.24, 2.45) is 5.92 Å². The smallest absolute Gasteiger partial charge is 0.411 e.